The Morgan fingerprint density at radius 3 is 2.38 bits per heavy atom. The first-order chi connectivity index (χ1) is 9.60. The fourth-order valence-electron chi connectivity index (χ4n) is 1.29. The van der Waals surface area contributed by atoms with Crippen LogP contribution in [0, 0.1) is 5.41 Å². The Morgan fingerprint density at radius 1 is 1.19 bits per heavy atom. The lowest BCUT2D eigenvalue weighted by Gasteiger charge is -2.07. The van der Waals surface area contributed by atoms with Crippen LogP contribution in [0.3, 0.4) is 0 Å². The Balaban J connectivity index is 0. The zero-order chi connectivity index (χ0) is 15.2. The number of amides is 2. The highest BCUT2D eigenvalue weighted by atomic mass is 35.5. The quantitative estimate of drug-likeness (QED) is 0.246. The third kappa shape index (κ3) is 14.5. The van der Waals surface area contributed by atoms with E-state index in [1.54, 1.807) is 6.92 Å². The normalized spacial score (nSPS) is 9.00. The van der Waals surface area contributed by atoms with Gasteiger partial charge in [-0.05, 0) is 19.8 Å². The molecular formula is C13H24ClN3O4. The number of alkyl carbamates (subject to hydrolysis) is 1. The van der Waals surface area contributed by atoms with Gasteiger partial charge < -0.3 is 20.1 Å². The molecule has 0 saturated carbocycles. The van der Waals surface area contributed by atoms with Gasteiger partial charge >= 0.3 is 6.09 Å². The van der Waals surface area contributed by atoms with Crippen molar-refractivity contribution >= 4 is 30.3 Å². The second-order valence-electron chi connectivity index (χ2n) is 3.90. The number of halogens is 1. The van der Waals surface area contributed by atoms with Crippen LogP contribution >= 0.6 is 12.4 Å². The average Bonchev–Trinajstić information content (AvgIpc) is 2.40. The predicted molar refractivity (Wildman–Crippen MR) is 83.0 cm³/mol. The number of hydrogen-bond acceptors (Lipinski definition) is 5. The van der Waals surface area contributed by atoms with Gasteiger partial charge in [0.1, 0.15) is 13.0 Å². The van der Waals surface area contributed by atoms with Gasteiger partial charge in [-0.25, -0.2) is 4.79 Å². The van der Waals surface area contributed by atoms with Crippen molar-refractivity contribution in [1.29, 1.82) is 5.41 Å². The maximum Gasteiger partial charge on any atom is 0.407 e. The predicted octanol–water partition coefficient (Wildman–Crippen LogP) is 1.62. The first kappa shape index (κ1) is 21.5. The molecule has 0 atom stereocenters. The van der Waals surface area contributed by atoms with Crippen molar-refractivity contribution in [1.82, 2.24) is 10.6 Å². The Hall–Kier alpha value is -1.76. The fourth-order valence-corrected chi connectivity index (χ4v) is 1.29. The number of carbonyl (C=O) groups is 2. The van der Waals surface area contributed by atoms with Gasteiger partial charge in [0.05, 0.1) is 6.61 Å². The second kappa shape index (κ2) is 14.6. The summed E-state index contributed by atoms with van der Waals surface area (Å²) in [5, 5.41) is 12.6. The molecular weight excluding hydrogens is 298 g/mol. The van der Waals surface area contributed by atoms with Gasteiger partial charge in [-0.2, -0.15) is 0 Å². The first-order valence-electron chi connectivity index (χ1n) is 6.58. The van der Waals surface area contributed by atoms with Crippen molar-refractivity contribution in [3.8, 4) is 0 Å². The highest BCUT2D eigenvalue weighted by Crippen LogP contribution is 1.90. The number of nitrogens with one attached hydrogen (secondary N) is 3. The van der Waals surface area contributed by atoms with Crippen LogP contribution in [0.4, 0.5) is 4.79 Å². The van der Waals surface area contributed by atoms with E-state index in [0.29, 0.717) is 19.7 Å². The van der Waals surface area contributed by atoms with E-state index in [9.17, 15) is 9.59 Å². The van der Waals surface area contributed by atoms with Gasteiger partial charge in [0.2, 0.25) is 5.91 Å². The molecule has 2 amide bonds. The lowest BCUT2D eigenvalue weighted by molar-refractivity contribution is -0.120. The average molecular weight is 322 g/mol. The van der Waals surface area contributed by atoms with E-state index >= 15 is 0 Å². The summed E-state index contributed by atoms with van der Waals surface area (Å²) in [7, 11) is 0. The van der Waals surface area contributed by atoms with Crippen LogP contribution in [0.1, 0.15) is 26.2 Å². The molecule has 122 valence electrons. The molecule has 0 bridgehead atoms. The maximum atomic E-state index is 11.4. The van der Waals surface area contributed by atoms with Crippen molar-refractivity contribution in [3.63, 3.8) is 0 Å². The Bertz CT molecular complexity index is 337. The summed E-state index contributed by atoms with van der Waals surface area (Å²) >= 11 is 0. The second-order valence-corrected chi connectivity index (χ2v) is 3.90. The fraction of sp³-hybridized carbons (Fsp3) is 0.615. The lowest BCUT2D eigenvalue weighted by atomic mass is 10.3. The molecule has 0 spiro atoms. The molecule has 3 N–H and O–H groups in total. The van der Waals surface area contributed by atoms with Crippen molar-refractivity contribution in [2.75, 3.05) is 26.3 Å². The Kier molecular flexibility index (Phi) is 15.0. The molecule has 0 aliphatic rings. The third-order valence-electron chi connectivity index (χ3n) is 2.17. The summed E-state index contributed by atoms with van der Waals surface area (Å²) in [4.78, 5) is 22.4. The molecule has 0 aliphatic carbocycles. The largest absolute Gasteiger partial charge is 0.481 e. The van der Waals surface area contributed by atoms with Crippen LogP contribution < -0.4 is 10.6 Å². The molecule has 0 saturated heterocycles. The standard InChI is InChI=1S/C13H23N3O4.ClH/c1-3-9-20-13(18)16-8-6-5-7-15-12(17)10-11(14)19-4-2;/h3,14H,1,4-10H2,2H3,(H,15,17)(H,16,18);1H. The molecule has 0 heterocycles. The van der Waals surface area contributed by atoms with Crippen molar-refractivity contribution in [3.05, 3.63) is 12.7 Å². The van der Waals surface area contributed by atoms with E-state index in [0.717, 1.165) is 12.8 Å². The number of ether oxygens (including phenoxy) is 2. The van der Waals surface area contributed by atoms with E-state index in [1.165, 1.54) is 6.08 Å². The molecule has 0 radical (unpaired) electrons. The molecule has 0 aromatic carbocycles. The van der Waals surface area contributed by atoms with Crippen LogP contribution in [-0.2, 0) is 14.3 Å². The molecule has 0 aromatic heterocycles. The monoisotopic (exact) mass is 321 g/mol. The van der Waals surface area contributed by atoms with Crippen LogP contribution in [0.2, 0.25) is 0 Å². The van der Waals surface area contributed by atoms with E-state index < -0.39 is 6.09 Å². The summed E-state index contributed by atoms with van der Waals surface area (Å²) in [5.41, 5.74) is 0. The zero-order valence-electron chi connectivity index (χ0n) is 12.3. The molecule has 0 rings (SSSR count). The summed E-state index contributed by atoms with van der Waals surface area (Å²) < 4.78 is 9.60. The number of carbonyl (C=O) groups excluding carboxylic acids is 2. The zero-order valence-corrected chi connectivity index (χ0v) is 13.1. The Labute approximate surface area is 131 Å². The number of rotatable bonds is 10. The molecule has 0 fully saturated rings. The van der Waals surface area contributed by atoms with Gasteiger partial charge in [-0.15, -0.1) is 12.4 Å². The van der Waals surface area contributed by atoms with E-state index in [2.05, 4.69) is 17.2 Å². The van der Waals surface area contributed by atoms with E-state index in [4.69, 9.17) is 14.9 Å². The molecule has 7 nitrogen and oxygen atoms in total. The van der Waals surface area contributed by atoms with Crippen LogP contribution in [0.5, 0.6) is 0 Å². The molecule has 8 heteroatoms. The van der Waals surface area contributed by atoms with E-state index in [-0.39, 0.29) is 37.2 Å². The highest BCUT2D eigenvalue weighted by Gasteiger charge is 2.05. The molecule has 21 heavy (non-hydrogen) atoms. The van der Waals surface area contributed by atoms with Gasteiger partial charge in [-0.1, -0.05) is 12.7 Å². The van der Waals surface area contributed by atoms with E-state index in [1.807, 2.05) is 0 Å². The van der Waals surface area contributed by atoms with Crippen molar-refractivity contribution in [2.45, 2.75) is 26.2 Å². The van der Waals surface area contributed by atoms with Crippen LogP contribution in [-0.4, -0.2) is 44.2 Å². The third-order valence-corrected chi connectivity index (χ3v) is 2.17. The van der Waals surface area contributed by atoms with Gasteiger partial charge in [0.15, 0.2) is 5.90 Å². The topological polar surface area (TPSA) is 101 Å². The maximum absolute atomic E-state index is 11.4. The van der Waals surface area contributed by atoms with Crippen molar-refractivity contribution in [2.24, 2.45) is 0 Å². The van der Waals surface area contributed by atoms with Crippen LogP contribution in [0.15, 0.2) is 12.7 Å². The number of unbranched alkanes of at least 4 members (excludes halogenated alkanes) is 1. The van der Waals surface area contributed by atoms with Gasteiger partial charge in [-0.3, -0.25) is 10.2 Å². The minimum absolute atomic E-state index is 0. The minimum Gasteiger partial charge on any atom is -0.481 e. The first-order valence-corrected chi connectivity index (χ1v) is 6.58. The minimum atomic E-state index is -0.473. The molecule has 0 aromatic rings. The summed E-state index contributed by atoms with van der Waals surface area (Å²) in [5.74, 6) is -0.265. The summed E-state index contributed by atoms with van der Waals surface area (Å²) in [6.07, 6.45) is 2.44. The molecule has 0 aliphatic heterocycles. The summed E-state index contributed by atoms with van der Waals surface area (Å²) in [6.45, 7) is 6.76. The van der Waals surface area contributed by atoms with Gasteiger partial charge in [0, 0.05) is 13.1 Å². The van der Waals surface area contributed by atoms with Gasteiger partial charge in [0.25, 0.3) is 0 Å². The highest BCUT2D eigenvalue weighted by molar-refractivity contribution is 5.95. The smallest absolute Gasteiger partial charge is 0.407 e. The Morgan fingerprint density at radius 2 is 1.81 bits per heavy atom. The summed E-state index contributed by atoms with van der Waals surface area (Å²) in [6, 6.07) is 0. The molecule has 0 unspecified atom stereocenters. The van der Waals surface area contributed by atoms with Crippen LogP contribution in [0.25, 0.3) is 0 Å². The van der Waals surface area contributed by atoms with Crippen molar-refractivity contribution < 1.29 is 19.1 Å². The SMILES string of the molecule is C=CCOC(=O)NCCCCNC(=O)CC(=N)OCC.Cl. The lowest BCUT2D eigenvalue weighted by Crippen LogP contribution is -2.29. The number of hydrogen-bond donors (Lipinski definition) is 3.